The molecule has 31 heavy (non-hydrogen) atoms. The van der Waals surface area contributed by atoms with E-state index in [4.69, 9.17) is 9.72 Å². The molecule has 1 fully saturated rings. The number of nitrogens with one attached hydrogen (secondary N) is 1. The fraction of sp³-hybridized carbons (Fsp3) is 0.625. The van der Waals surface area contributed by atoms with Crippen molar-refractivity contribution in [2.75, 3.05) is 19.6 Å². The molecule has 0 aliphatic carbocycles. The van der Waals surface area contributed by atoms with Gasteiger partial charge in [0.15, 0.2) is 0 Å². The van der Waals surface area contributed by atoms with Crippen LogP contribution in [0, 0.1) is 11.8 Å². The minimum Gasteiger partial charge on any atom is -0.444 e. The average molecular weight is 446 g/mol. The minimum atomic E-state index is -0.470. The number of hydrogen-bond acceptors (Lipinski definition) is 5. The molecule has 1 aliphatic heterocycles. The van der Waals surface area contributed by atoms with E-state index in [9.17, 15) is 9.59 Å². The maximum atomic E-state index is 12.5. The summed E-state index contributed by atoms with van der Waals surface area (Å²) in [5, 5.41) is 4.15. The Morgan fingerprint density at radius 1 is 1.23 bits per heavy atom. The summed E-state index contributed by atoms with van der Waals surface area (Å²) >= 11 is 1.69. The Balaban J connectivity index is 1.41. The van der Waals surface area contributed by atoms with Gasteiger partial charge in [0.2, 0.25) is 5.91 Å². The van der Waals surface area contributed by atoms with E-state index in [0.717, 1.165) is 23.4 Å². The van der Waals surface area contributed by atoms with Crippen LogP contribution in [0.4, 0.5) is 4.79 Å². The molecule has 2 heterocycles. The fourth-order valence-corrected chi connectivity index (χ4v) is 4.98. The highest BCUT2D eigenvalue weighted by molar-refractivity contribution is 7.18. The van der Waals surface area contributed by atoms with Gasteiger partial charge in [-0.15, -0.1) is 11.3 Å². The molecule has 6 nitrogen and oxygen atoms in total. The monoisotopic (exact) mass is 445 g/mol. The predicted molar refractivity (Wildman–Crippen MR) is 125 cm³/mol. The van der Waals surface area contributed by atoms with E-state index in [0.29, 0.717) is 37.9 Å². The molecule has 1 aromatic heterocycles. The van der Waals surface area contributed by atoms with Gasteiger partial charge >= 0.3 is 6.09 Å². The summed E-state index contributed by atoms with van der Waals surface area (Å²) in [5.41, 5.74) is 0.550. The highest BCUT2D eigenvalue weighted by Crippen LogP contribution is 2.29. The Bertz CT molecular complexity index is 864. The van der Waals surface area contributed by atoms with Crippen LogP contribution in [0.25, 0.3) is 10.2 Å². The molecule has 2 amide bonds. The Labute approximate surface area is 189 Å². The zero-order valence-electron chi connectivity index (χ0n) is 19.3. The highest BCUT2D eigenvalue weighted by atomic mass is 32.1. The summed E-state index contributed by atoms with van der Waals surface area (Å²) < 4.78 is 6.65. The molecule has 0 saturated carbocycles. The van der Waals surface area contributed by atoms with Crippen molar-refractivity contribution in [3.05, 3.63) is 29.3 Å². The number of para-hydroxylation sites is 1. The molecule has 2 atom stereocenters. The minimum absolute atomic E-state index is 0.0926. The summed E-state index contributed by atoms with van der Waals surface area (Å²) in [6.45, 7) is 11.9. The van der Waals surface area contributed by atoms with Crippen molar-refractivity contribution in [2.24, 2.45) is 11.8 Å². The number of nitrogens with zero attached hydrogens (tertiary/aromatic N) is 2. The van der Waals surface area contributed by atoms with E-state index < -0.39 is 5.60 Å². The van der Waals surface area contributed by atoms with Crippen LogP contribution >= 0.6 is 11.3 Å². The normalized spacial score (nSPS) is 17.4. The molecule has 170 valence electrons. The SMILES string of the molecule is C[C@H](CNC(=O)C[C@@H](C)C1CCN(C(=O)OC(C)(C)C)CC1)c1nc2ccccc2s1. The molecule has 1 N–H and O–H groups in total. The standard InChI is InChI=1S/C24H35N3O3S/c1-16(18-10-12-27(13-11-18)23(29)30-24(3,4)5)14-21(28)25-15-17(2)22-26-19-8-6-7-9-20(19)31-22/h6-9,16-18H,10-15H2,1-5H3,(H,25,28)/t16-,17-/m1/s1. The number of piperidine rings is 1. The number of carbonyl (C=O) groups is 2. The van der Waals surface area contributed by atoms with Crippen molar-refractivity contribution in [1.29, 1.82) is 0 Å². The lowest BCUT2D eigenvalue weighted by Gasteiger charge is -2.35. The van der Waals surface area contributed by atoms with E-state index in [-0.39, 0.29) is 17.9 Å². The number of ether oxygens (including phenoxy) is 1. The number of amides is 2. The number of aromatic nitrogens is 1. The Kier molecular flexibility index (Phi) is 7.57. The summed E-state index contributed by atoms with van der Waals surface area (Å²) in [6, 6.07) is 8.13. The first-order valence-corrected chi connectivity index (χ1v) is 12.0. The topological polar surface area (TPSA) is 71.5 Å². The van der Waals surface area contributed by atoms with E-state index in [2.05, 4.69) is 25.2 Å². The van der Waals surface area contributed by atoms with Crippen LogP contribution in [0.3, 0.4) is 0 Å². The van der Waals surface area contributed by atoms with Gasteiger partial charge in [-0.25, -0.2) is 9.78 Å². The lowest BCUT2D eigenvalue weighted by molar-refractivity contribution is -0.122. The second-order valence-corrected chi connectivity index (χ2v) is 10.8. The van der Waals surface area contributed by atoms with Gasteiger partial charge in [-0.2, -0.15) is 0 Å². The molecule has 0 radical (unpaired) electrons. The van der Waals surface area contributed by atoms with Crippen molar-refractivity contribution in [2.45, 2.75) is 65.4 Å². The van der Waals surface area contributed by atoms with E-state index in [1.807, 2.05) is 39.0 Å². The molecular formula is C24H35N3O3S. The van der Waals surface area contributed by atoms with E-state index >= 15 is 0 Å². The zero-order valence-corrected chi connectivity index (χ0v) is 20.1. The number of likely N-dealkylation sites (tertiary alicyclic amines) is 1. The van der Waals surface area contributed by atoms with Crippen molar-refractivity contribution < 1.29 is 14.3 Å². The molecule has 7 heteroatoms. The third-order valence-corrected chi connectivity index (χ3v) is 7.11. The maximum Gasteiger partial charge on any atom is 0.410 e. The first-order chi connectivity index (χ1) is 14.6. The summed E-state index contributed by atoms with van der Waals surface area (Å²) in [4.78, 5) is 31.2. The molecule has 0 unspecified atom stereocenters. The molecule has 1 saturated heterocycles. The van der Waals surface area contributed by atoms with Crippen LogP contribution in [0.1, 0.15) is 64.8 Å². The molecule has 2 aromatic rings. The van der Waals surface area contributed by atoms with E-state index in [1.165, 1.54) is 4.70 Å². The van der Waals surface area contributed by atoms with Crippen LogP contribution in [0.2, 0.25) is 0 Å². The quantitative estimate of drug-likeness (QED) is 0.664. The predicted octanol–water partition coefficient (Wildman–Crippen LogP) is 5.19. The van der Waals surface area contributed by atoms with Gasteiger partial charge in [-0.05, 0) is 57.6 Å². The molecular weight excluding hydrogens is 410 g/mol. The van der Waals surface area contributed by atoms with Crippen LogP contribution < -0.4 is 5.32 Å². The van der Waals surface area contributed by atoms with Crippen molar-refractivity contribution in [3.8, 4) is 0 Å². The van der Waals surface area contributed by atoms with Crippen LogP contribution in [0.15, 0.2) is 24.3 Å². The lowest BCUT2D eigenvalue weighted by Crippen LogP contribution is -2.43. The number of carbonyl (C=O) groups excluding carboxylic acids is 2. The first-order valence-electron chi connectivity index (χ1n) is 11.2. The smallest absolute Gasteiger partial charge is 0.410 e. The third kappa shape index (κ3) is 6.66. The second-order valence-electron chi connectivity index (χ2n) is 9.71. The average Bonchev–Trinajstić information content (AvgIpc) is 3.15. The molecule has 1 aromatic carbocycles. The van der Waals surface area contributed by atoms with Crippen molar-refractivity contribution in [3.63, 3.8) is 0 Å². The van der Waals surface area contributed by atoms with Gasteiger partial charge in [-0.1, -0.05) is 26.0 Å². The van der Waals surface area contributed by atoms with Gasteiger partial charge in [-0.3, -0.25) is 4.79 Å². The second kappa shape index (κ2) is 9.98. The third-order valence-electron chi connectivity index (χ3n) is 5.84. The van der Waals surface area contributed by atoms with Crippen molar-refractivity contribution >= 4 is 33.6 Å². The molecule has 0 spiro atoms. The fourth-order valence-electron chi connectivity index (χ4n) is 3.96. The van der Waals surface area contributed by atoms with Gasteiger partial charge in [0.05, 0.1) is 15.2 Å². The van der Waals surface area contributed by atoms with Crippen LogP contribution in [-0.2, 0) is 9.53 Å². The van der Waals surface area contributed by atoms with E-state index in [1.54, 1.807) is 16.2 Å². The molecule has 0 bridgehead atoms. The molecule has 1 aliphatic rings. The van der Waals surface area contributed by atoms with Gasteiger partial charge in [0, 0.05) is 32.0 Å². The van der Waals surface area contributed by atoms with Gasteiger partial charge in [0.1, 0.15) is 5.60 Å². The molecule has 3 rings (SSSR count). The maximum absolute atomic E-state index is 12.5. The Morgan fingerprint density at radius 3 is 2.55 bits per heavy atom. The van der Waals surface area contributed by atoms with Crippen molar-refractivity contribution in [1.82, 2.24) is 15.2 Å². The Morgan fingerprint density at radius 2 is 1.90 bits per heavy atom. The number of benzene rings is 1. The zero-order chi connectivity index (χ0) is 22.6. The number of hydrogen-bond donors (Lipinski definition) is 1. The van der Waals surface area contributed by atoms with Gasteiger partial charge < -0.3 is 15.0 Å². The van der Waals surface area contributed by atoms with Gasteiger partial charge in [0.25, 0.3) is 0 Å². The summed E-state index contributed by atoms with van der Waals surface area (Å²) in [5.74, 6) is 1.02. The first kappa shape index (κ1) is 23.5. The largest absolute Gasteiger partial charge is 0.444 e. The summed E-state index contributed by atoms with van der Waals surface area (Å²) in [6.07, 6.45) is 2.11. The highest BCUT2D eigenvalue weighted by Gasteiger charge is 2.29. The lowest BCUT2D eigenvalue weighted by atomic mass is 9.83. The summed E-state index contributed by atoms with van der Waals surface area (Å²) in [7, 11) is 0. The van der Waals surface area contributed by atoms with Crippen LogP contribution in [-0.4, -0.2) is 47.1 Å². The number of thiazole rings is 1. The number of fused-ring (bicyclic) bond motifs is 1. The van der Waals surface area contributed by atoms with Crippen LogP contribution in [0.5, 0.6) is 0 Å². The Hall–Kier alpha value is -2.15. The number of rotatable bonds is 6.